The van der Waals surface area contributed by atoms with E-state index in [0.29, 0.717) is 0 Å². The summed E-state index contributed by atoms with van der Waals surface area (Å²) in [6.45, 7) is 2.77. The molecule has 0 radical (unpaired) electrons. The Labute approximate surface area is 164 Å². The van der Waals surface area contributed by atoms with Crippen LogP contribution in [-0.2, 0) is 0 Å². The summed E-state index contributed by atoms with van der Waals surface area (Å²) in [5.74, 6) is 0. The van der Waals surface area contributed by atoms with E-state index in [-0.39, 0.29) is 0 Å². The fourth-order valence-corrected chi connectivity index (χ4v) is 4.02. The van der Waals surface area contributed by atoms with Gasteiger partial charge in [0.1, 0.15) is 0 Å². The highest BCUT2D eigenvalue weighted by Gasteiger charge is 2.07. The van der Waals surface area contributed by atoms with Gasteiger partial charge in [-0.05, 0) is 43.0 Å². The summed E-state index contributed by atoms with van der Waals surface area (Å²) in [4.78, 5) is 6.71. The lowest BCUT2D eigenvalue weighted by Gasteiger charge is -2.04. The molecule has 3 aromatic rings. The van der Waals surface area contributed by atoms with E-state index in [1.165, 1.54) is 4.90 Å². The van der Waals surface area contributed by atoms with Gasteiger partial charge < -0.3 is 0 Å². The van der Waals surface area contributed by atoms with Gasteiger partial charge >= 0.3 is 0 Å². The molecular weight excluding hydrogens is 414 g/mol. The van der Waals surface area contributed by atoms with Crippen molar-refractivity contribution in [3.8, 4) is 11.3 Å². The van der Waals surface area contributed by atoms with E-state index in [0.717, 1.165) is 32.6 Å². The van der Waals surface area contributed by atoms with E-state index in [4.69, 9.17) is 5.10 Å². The number of hydrogen-bond donors (Lipinski definition) is 0. The molecular formula is C19H18BrN3S2. The first kappa shape index (κ1) is 18.2. The summed E-state index contributed by atoms with van der Waals surface area (Å²) in [5, 5.41) is 6.80. The van der Waals surface area contributed by atoms with Crippen molar-refractivity contribution in [2.24, 2.45) is 10.1 Å². The van der Waals surface area contributed by atoms with Crippen molar-refractivity contribution >= 4 is 45.2 Å². The molecule has 3 rings (SSSR count). The molecule has 25 heavy (non-hydrogen) atoms. The van der Waals surface area contributed by atoms with E-state index in [9.17, 15) is 0 Å². The minimum atomic E-state index is 0.733. The van der Waals surface area contributed by atoms with Crippen LogP contribution in [-0.4, -0.2) is 23.7 Å². The van der Waals surface area contributed by atoms with Gasteiger partial charge in [0.05, 0.1) is 11.9 Å². The first-order chi connectivity index (χ1) is 12.2. The lowest BCUT2D eigenvalue weighted by atomic mass is 10.2. The molecule has 0 amide bonds. The average Bonchev–Trinajstić information content (AvgIpc) is 3.03. The minimum absolute atomic E-state index is 0.733. The largest absolute Gasteiger partial charge is 0.258 e. The van der Waals surface area contributed by atoms with E-state index in [1.54, 1.807) is 23.1 Å². The second-order valence-corrected chi connectivity index (χ2v) is 7.85. The summed E-state index contributed by atoms with van der Waals surface area (Å²) >= 11 is 6.88. The Hall–Kier alpha value is -1.63. The number of benzene rings is 2. The fraction of sp³-hybridized carbons (Fsp3) is 0.158. The molecule has 0 fully saturated rings. The molecule has 0 atom stereocenters. The Bertz CT molecular complexity index is 940. The molecule has 0 unspecified atom stereocenters. The Morgan fingerprint density at radius 2 is 2.00 bits per heavy atom. The van der Waals surface area contributed by atoms with Crippen LogP contribution >= 0.6 is 39.0 Å². The number of rotatable bonds is 5. The highest BCUT2D eigenvalue weighted by molar-refractivity contribution is 9.10. The average molecular weight is 432 g/mol. The van der Waals surface area contributed by atoms with Crippen LogP contribution in [0.25, 0.3) is 11.3 Å². The third-order valence-corrected chi connectivity index (χ3v) is 5.63. The zero-order valence-electron chi connectivity index (χ0n) is 14.0. The van der Waals surface area contributed by atoms with Gasteiger partial charge in [-0.2, -0.15) is 5.10 Å². The lowest BCUT2D eigenvalue weighted by Crippen LogP contribution is -2.12. The molecule has 0 bridgehead atoms. The van der Waals surface area contributed by atoms with Gasteiger partial charge in [0.25, 0.3) is 0 Å². The van der Waals surface area contributed by atoms with Crippen LogP contribution in [0.1, 0.15) is 12.5 Å². The van der Waals surface area contributed by atoms with Crippen molar-refractivity contribution in [1.29, 1.82) is 0 Å². The van der Waals surface area contributed by atoms with Crippen molar-refractivity contribution in [3.63, 3.8) is 0 Å². The first-order valence-corrected chi connectivity index (χ1v) is 10.8. The number of aromatic nitrogens is 1. The highest BCUT2D eigenvalue weighted by Crippen LogP contribution is 2.23. The second-order valence-electron chi connectivity index (χ2n) is 5.22. The topological polar surface area (TPSA) is 29.6 Å². The third-order valence-electron chi connectivity index (χ3n) is 3.54. The van der Waals surface area contributed by atoms with Crippen LogP contribution in [0.4, 0.5) is 0 Å². The Balaban J connectivity index is 2.02. The minimum Gasteiger partial charge on any atom is -0.258 e. The predicted molar refractivity (Wildman–Crippen MR) is 113 cm³/mol. The summed E-state index contributed by atoms with van der Waals surface area (Å²) in [5.41, 5.74) is 3.22. The van der Waals surface area contributed by atoms with Crippen molar-refractivity contribution in [2.45, 2.75) is 11.8 Å². The number of nitrogens with zero attached hydrogens (tertiary/aromatic N) is 3. The fourth-order valence-electron chi connectivity index (χ4n) is 2.32. The van der Waals surface area contributed by atoms with Gasteiger partial charge in [-0.1, -0.05) is 40.2 Å². The van der Waals surface area contributed by atoms with Gasteiger partial charge in [-0.3, -0.25) is 4.99 Å². The number of hydrogen-bond acceptors (Lipinski definition) is 4. The van der Waals surface area contributed by atoms with Crippen LogP contribution in [0.15, 0.2) is 73.4 Å². The second kappa shape index (κ2) is 8.65. The van der Waals surface area contributed by atoms with Crippen molar-refractivity contribution in [3.05, 3.63) is 68.7 Å². The van der Waals surface area contributed by atoms with E-state index < -0.39 is 0 Å². The number of halogens is 1. The summed E-state index contributed by atoms with van der Waals surface area (Å²) in [7, 11) is 0. The lowest BCUT2D eigenvalue weighted by molar-refractivity contribution is 0.833. The van der Waals surface area contributed by atoms with Crippen LogP contribution in [0, 0.1) is 0 Å². The molecule has 0 spiro atoms. The molecule has 1 aromatic heterocycles. The predicted octanol–water partition coefficient (Wildman–Crippen LogP) is 5.50. The van der Waals surface area contributed by atoms with Gasteiger partial charge in [-0.15, -0.1) is 23.1 Å². The molecule has 0 saturated carbocycles. The number of thiazole rings is 1. The van der Waals surface area contributed by atoms with Gasteiger partial charge in [0.2, 0.25) is 4.80 Å². The Morgan fingerprint density at radius 1 is 1.20 bits per heavy atom. The van der Waals surface area contributed by atoms with Crippen LogP contribution in [0.5, 0.6) is 0 Å². The molecule has 0 aliphatic carbocycles. The monoisotopic (exact) mass is 431 g/mol. The Morgan fingerprint density at radius 3 is 2.68 bits per heavy atom. The first-order valence-electron chi connectivity index (χ1n) is 7.86. The SMILES string of the molecule is CCN=c1scc(-c2cccc(Br)c2)n1N=Cc1ccc(SC)cc1. The van der Waals surface area contributed by atoms with Crippen LogP contribution in [0.3, 0.4) is 0 Å². The quantitative estimate of drug-likeness (QED) is 0.387. The van der Waals surface area contributed by atoms with Gasteiger partial charge in [0.15, 0.2) is 0 Å². The molecule has 128 valence electrons. The summed E-state index contributed by atoms with van der Waals surface area (Å²) in [6.07, 6.45) is 3.96. The summed E-state index contributed by atoms with van der Waals surface area (Å²) < 4.78 is 2.96. The third kappa shape index (κ3) is 4.51. The maximum Gasteiger partial charge on any atom is 0.206 e. The molecule has 0 saturated heterocycles. The smallest absolute Gasteiger partial charge is 0.206 e. The maximum atomic E-state index is 4.70. The number of thioether (sulfide) groups is 1. The molecule has 2 aromatic carbocycles. The zero-order chi connectivity index (χ0) is 17.6. The van der Waals surface area contributed by atoms with Crippen LogP contribution < -0.4 is 4.80 Å². The van der Waals surface area contributed by atoms with E-state index in [2.05, 4.69) is 69.0 Å². The molecule has 1 heterocycles. The van der Waals surface area contributed by atoms with Crippen LogP contribution in [0.2, 0.25) is 0 Å². The van der Waals surface area contributed by atoms with E-state index >= 15 is 0 Å². The molecule has 6 heteroatoms. The standard InChI is InChI=1S/C19H18BrN3S2/c1-3-21-19-23(22-12-14-7-9-17(24-2)10-8-14)18(13-25-19)15-5-4-6-16(20)11-15/h4-13H,3H2,1-2H3. The Kier molecular flexibility index (Phi) is 6.29. The zero-order valence-corrected chi connectivity index (χ0v) is 17.2. The normalized spacial score (nSPS) is 12.2. The molecule has 3 nitrogen and oxygen atoms in total. The molecule has 0 aliphatic rings. The van der Waals surface area contributed by atoms with Gasteiger partial charge in [-0.25, -0.2) is 4.68 Å². The van der Waals surface area contributed by atoms with E-state index in [1.807, 2.05) is 29.9 Å². The van der Waals surface area contributed by atoms with Crippen molar-refractivity contribution in [1.82, 2.24) is 4.68 Å². The van der Waals surface area contributed by atoms with Crippen molar-refractivity contribution in [2.75, 3.05) is 12.8 Å². The highest BCUT2D eigenvalue weighted by atomic mass is 79.9. The summed E-state index contributed by atoms with van der Waals surface area (Å²) in [6, 6.07) is 16.6. The molecule has 0 aliphatic heterocycles. The van der Waals surface area contributed by atoms with Crippen molar-refractivity contribution < 1.29 is 0 Å². The maximum absolute atomic E-state index is 4.70. The molecule has 0 N–H and O–H groups in total. The van der Waals surface area contributed by atoms with Gasteiger partial charge in [0, 0.05) is 26.9 Å².